The van der Waals surface area contributed by atoms with E-state index in [1.165, 1.54) is 12.0 Å². The molecule has 154 valence electrons. The van der Waals surface area contributed by atoms with E-state index in [9.17, 15) is 10.4 Å². The summed E-state index contributed by atoms with van der Waals surface area (Å²) >= 11 is 0. The number of nitrogens with zero attached hydrogens (tertiary/aromatic N) is 1. The number of hydrogen-bond acceptors (Lipinski definition) is 4. The van der Waals surface area contributed by atoms with Gasteiger partial charge in [-0.15, -0.1) is 0 Å². The summed E-state index contributed by atoms with van der Waals surface area (Å²) in [4.78, 5) is 0. The minimum atomic E-state index is -0.606. The lowest BCUT2D eigenvalue weighted by Gasteiger charge is -2.58. The summed E-state index contributed by atoms with van der Waals surface area (Å²) in [7, 11) is 0. The number of aliphatic hydroxyl groups is 1. The second kappa shape index (κ2) is 6.30. The van der Waals surface area contributed by atoms with Crippen molar-refractivity contribution in [2.75, 3.05) is 13.2 Å². The molecule has 4 aliphatic carbocycles. The lowest BCUT2D eigenvalue weighted by atomic mass is 9.47. The van der Waals surface area contributed by atoms with E-state index in [2.05, 4.69) is 32.9 Å². The third kappa shape index (κ3) is 2.45. The molecule has 0 aromatic rings. The van der Waals surface area contributed by atoms with Crippen LogP contribution in [0.15, 0.2) is 11.6 Å². The van der Waals surface area contributed by atoms with Crippen molar-refractivity contribution in [2.24, 2.45) is 40.4 Å². The first-order valence-electron chi connectivity index (χ1n) is 11.4. The number of nitriles is 1. The first-order chi connectivity index (χ1) is 13.3. The van der Waals surface area contributed by atoms with Gasteiger partial charge in [0, 0.05) is 5.92 Å². The quantitative estimate of drug-likeness (QED) is 0.678. The molecule has 0 aromatic heterocycles. The van der Waals surface area contributed by atoms with Gasteiger partial charge in [-0.05, 0) is 80.5 Å². The van der Waals surface area contributed by atoms with Crippen molar-refractivity contribution < 1.29 is 14.6 Å². The fraction of sp³-hybridized carbons (Fsp3) is 0.875. The Labute approximate surface area is 169 Å². The summed E-state index contributed by atoms with van der Waals surface area (Å²) in [6, 6.07) is 2.66. The third-order valence-corrected chi connectivity index (χ3v) is 9.73. The highest BCUT2D eigenvalue weighted by atomic mass is 16.7. The van der Waals surface area contributed by atoms with Crippen LogP contribution in [0, 0.1) is 51.8 Å². The molecule has 1 heterocycles. The van der Waals surface area contributed by atoms with Crippen LogP contribution in [-0.4, -0.2) is 30.2 Å². The molecule has 5 aliphatic rings. The van der Waals surface area contributed by atoms with Crippen LogP contribution in [0.2, 0.25) is 0 Å². The fourth-order valence-electron chi connectivity index (χ4n) is 8.49. The van der Waals surface area contributed by atoms with Gasteiger partial charge in [0.05, 0.1) is 31.3 Å². The highest BCUT2D eigenvalue weighted by molar-refractivity contribution is 5.26. The second-order valence-corrected chi connectivity index (χ2v) is 10.9. The van der Waals surface area contributed by atoms with Gasteiger partial charge in [-0.3, -0.25) is 0 Å². The molecule has 1 saturated heterocycles. The lowest BCUT2D eigenvalue weighted by Crippen LogP contribution is -2.53. The Bertz CT molecular complexity index is 720. The maximum absolute atomic E-state index is 10.2. The molecule has 0 bridgehead atoms. The van der Waals surface area contributed by atoms with Crippen molar-refractivity contribution in [3.8, 4) is 6.07 Å². The standard InChI is InChI=1S/C24H35NO3/c1-22-8-6-17(26)13-16(22)4-5-18-19(22)7-9-23(2)20(18)12-15(14-25)21(23)24(3)27-10-11-28-24/h4,15,17-21,26H,5-13H2,1-3H3/t15-,17+,18+,19-,20+,21+,22-,23-/m0/s1. The van der Waals surface area contributed by atoms with Crippen molar-refractivity contribution >= 4 is 0 Å². The molecule has 4 nitrogen and oxygen atoms in total. The first kappa shape index (κ1) is 19.1. The van der Waals surface area contributed by atoms with Crippen molar-refractivity contribution in [1.82, 2.24) is 0 Å². The van der Waals surface area contributed by atoms with Gasteiger partial charge in [0.25, 0.3) is 0 Å². The van der Waals surface area contributed by atoms with Crippen LogP contribution in [0.3, 0.4) is 0 Å². The smallest absolute Gasteiger partial charge is 0.170 e. The lowest BCUT2D eigenvalue weighted by molar-refractivity contribution is -0.219. The van der Waals surface area contributed by atoms with Crippen LogP contribution in [0.4, 0.5) is 0 Å². The van der Waals surface area contributed by atoms with E-state index < -0.39 is 5.79 Å². The van der Waals surface area contributed by atoms with Crippen LogP contribution in [0.1, 0.15) is 65.7 Å². The van der Waals surface area contributed by atoms with E-state index >= 15 is 0 Å². The molecule has 4 fully saturated rings. The molecular formula is C24H35NO3. The van der Waals surface area contributed by atoms with Gasteiger partial charge in [-0.2, -0.15) is 5.26 Å². The Kier molecular flexibility index (Phi) is 4.30. The molecule has 0 amide bonds. The van der Waals surface area contributed by atoms with Gasteiger partial charge in [0.2, 0.25) is 0 Å². The maximum Gasteiger partial charge on any atom is 0.170 e. The molecular weight excluding hydrogens is 350 g/mol. The summed E-state index contributed by atoms with van der Waals surface area (Å²) in [5, 5.41) is 20.2. The second-order valence-electron chi connectivity index (χ2n) is 10.9. The van der Waals surface area contributed by atoms with E-state index in [1.807, 2.05) is 0 Å². The molecule has 1 aliphatic heterocycles. The Hall–Kier alpha value is -0.890. The van der Waals surface area contributed by atoms with Crippen molar-refractivity contribution in [3.05, 3.63) is 11.6 Å². The first-order valence-corrected chi connectivity index (χ1v) is 11.4. The average Bonchev–Trinajstić information content (AvgIpc) is 3.23. The zero-order chi connectivity index (χ0) is 19.7. The molecule has 0 aromatic carbocycles. The topological polar surface area (TPSA) is 62.5 Å². The molecule has 0 spiro atoms. The van der Waals surface area contributed by atoms with Crippen LogP contribution in [0.25, 0.3) is 0 Å². The van der Waals surface area contributed by atoms with E-state index in [-0.39, 0.29) is 28.8 Å². The van der Waals surface area contributed by atoms with Crippen molar-refractivity contribution in [2.45, 2.75) is 77.6 Å². The molecule has 28 heavy (non-hydrogen) atoms. The van der Waals surface area contributed by atoms with Crippen molar-refractivity contribution in [3.63, 3.8) is 0 Å². The average molecular weight is 386 g/mol. The van der Waals surface area contributed by atoms with Crippen molar-refractivity contribution in [1.29, 1.82) is 5.26 Å². The predicted molar refractivity (Wildman–Crippen MR) is 106 cm³/mol. The number of rotatable bonds is 1. The van der Waals surface area contributed by atoms with E-state index in [0.29, 0.717) is 31.0 Å². The molecule has 1 N–H and O–H groups in total. The number of hydrogen-bond donors (Lipinski definition) is 1. The Morgan fingerprint density at radius 3 is 2.57 bits per heavy atom. The fourth-order valence-corrected chi connectivity index (χ4v) is 8.49. The minimum absolute atomic E-state index is 0.0169. The Balaban J connectivity index is 1.50. The Morgan fingerprint density at radius 2 is 1.86 bits per heavy atom. The number of allylic oxidation sites excluding steroid dienone is 1. The van der Waals surface area contributed by atoms with Crippen LogP contribution >= 0.6 is 0 Å². The maximum atomic E-state index is 10.2. The van der Waals surface area contributed by atoms with Gasteiger partial charge in [-0.1, -0.05) is 25.5 Å². The van der Waals surface area contributed by atoms with Crippen LogP contribution in [-0.2, 0) is 9.47 Å². The molecule has 8 atom stereocenters. The van der Waals surface area contributed by atoms with Gasteiger partial charge >= 0.3 is 0 Å². The highest BCUT2D eigenvalue weighted by Crippen LogP contribution is 2.69. The van der Waals surface area contributed by atoms with Crippen LogP contribution in [0.5, 0.6) is 0 Å². The predicted octanol–water partition coefficient (Wildman–Crippen LogP) is 4.44. The molecule has 4 heteroatoms. The molecule has 0 radical (unpaired) electrons. The monoisotopic (exact) mass is 385 g/mol. The van der Waals surface area contributed by atoms with Gasteiger partial charge in [0.1, 0.15) is 0 Å². The molecule has 5 rings (SSSR count). The SMILES string of the molecule is CC1([C@@H]2[C@H](C#N)C[C@@H]3[C@@H]4CC=C5C[C@H](O)CC[C@]5(C)[C@H]4CC[C@@]32C)OCCO1. The zero-order valence-electron chi connectivity index (χ0n) is 17.6. The minimum Gasteiger partial charge on any atom is -0.393 e. The third-order valence-electron chi connectivity index (χ3n) is 9.73. The van der Waals surface area contributed by atoms with E-state index in [0.717, 1.165) is 38.5 Å². The van der Waals surface area contributed by atoms with Crippen LogP contribution < -0.4 is 0 Å². The summed E-state index contributed by atoms with van der Waals surface area (Å²) in [5.74, 6) is 1.47. The highest BCUT2D eigenvalue weighted by Gasteiger charge is 2.66. The summed E-state index contributed by atoms with van der Waals surface area (Å²) in [5.41, 5.74) is 1.86. The van der Waals surface area contributed by atoms with E-state index in [1.54, 1.807) is 0 Å². The molecule has 3 saturated carbocycles. The number of ether oxygens (including phenoxy) is 2. The zero-order valence-corrected chi connectivity index (χ0v) is 17.6. The normalized spacial score (nSPS) is 52.2. The summed E-state index contributed by atoms with van der Waals surface area (Å²) in [6.45, 7) is 8.26. The van der Waals surface area contributed by atoms with Gasteiger partial charge < -0.3 is 14.6 Å². The van der Waals surface area contributed by atoms with E-state index in [4.69, 9.17) is 9.47 Å². The summed E-state index contributed by atoms with van der Waals surface area (Å²) in [6.07, 6.45) is 9.72. The largest absolute Gasteiger partial charge is 0.393 e. The molecule has 0 unspecified atom stereocenters. The Morgan fingerprint density at radius 1 is 1.11 bits per heavy atom. The number of aliphatic hydroxyl groups excluding tert-OH is 1. The van der Waals surface area contributed by atoms with Gasteiger partial charge in [0.15, 0.2) is 5.79 Å². The number of fused-ring (bicyclic) bond motifs is 5. The van der Waals surface area contributed by atoms with Gasteiger partial charge in [-0.25, -0.2) is 0 Å². The summed E-state index contributed by atoms with van der Waals surface area (Å²) < 4.78 is 12.2.